The predicted molar refractivity (Wildman–Crippen MR) is 415 cm³/mol. The van der Waals surface area contributed by atoms with Crippen LogP contribution in [0.5, 0.6) is 0 Å². The highest BCUT2D eigenvalue weighted by atomic mass is 16.8. The lowest BCUT2D eigenvalue weighted by Crippen LogP contribution is -2.66. The standard InChI is InChI=1S/C85H141NO18/c1-3-5-7-9-11-13-15-17-19-21-23-25-27-29-31-32-33-34-35-36-37-39-41-43-45-47-49-51-53-55-57-59-61-63-73(91)86-68(69(90)62-60-58-56-54-52-50-48-46-44-42-40-38-30-28-26-24-22-20-18-16-14-12-10-8-6-4-2)67-99-83-79(97)76(94)81(71(65-88)101-83)104-85-80(98)77(95)82(72(66-89)102-85)103-84-78(96)75(93)74(92)70(64-87)100-84/h5,7,11,13,17,19,23,25,29,31,33-34,36-37,41,43,47,49,52-55,60,62,68-72,74-85,87-90,92-98H,3-4,6,8-10,12,14-16,18,20-22,24,26-28,30,32,35,38-40,42,44-46,48,50-51,56-59,61,63-67H2,1-2H3,(H,86,91)/b7-5-,13-11-,19-17-,25-23-,31-29-,34-33-,37-36-,43-41-,49-47-,54-52+,55-53-,62-60+. The zero-order valence-corrected chi connectivity index (χ0v) is 63.4. The predicted octanol–water partition coefficient (Wildman–Crippen LogP) is 13.4. The van der Waals surface area contributed by atoms with Crippen molar-refractivity contribution in [1.29, 1.82) is 0 Å². The van der Waals surface area contributed by atoms with Crippen LogP contribution in [0.1, 0.15) is 251 Å². The maximum Gasteiger partial charge on any atom is 0.220 e. The summed E-state index contributed by atoms with van der Waals surface area (Å²) in [6.45, 7) is 1.57. The van der Waals surface area contributed by atoms with Crippen LogP contribution in [-0.2, 0) is 33.2 Å². The Morgan fingerprint density at radius 2 is 0.673 bits per heavy atom. The van der Waals surface area contributed by atoms with Crippen LogP contribution in [-0.4, -0.2) is 193 Å². The summed E-state index contributed by atoms with van der Waals surface area (Å²) in [5.41, 5.74) is 0. The summed E-state index contributed by atoms with van der Waals surface area (Å²) < 4.78 is 34.4. The van der Waals surface area contributed by atoms with Crippen LogP contribution >= 0.6 is 0 Å². The minimum Gasteiger partial charge on any atom is -0.394 e. The van der Waals surface area contributed by atoms with Crippen LogP contribution in [0.15, 0.2) is 146 Å². The van der Waals surface area contributed by atoms with Gasteiger partial charge in [0.1, 0.15) is 73.2 Å². The second kappa shape index (κ2) is 63.6. The molecule has 3 aliphatic rings. The molecule has 3 saturated heterocycles. The first-order valence-corrected chi connectivity index (χ1v) is 40.1. The van der Waals surface area contributed by atoms with Gasteiger partial charge in [-0.05, 0) is 109 Å². The molecule has 3 fully saturated rings. The van der Waals surface area contributed by atoms with Crippen molar-refractivity contribution < 1.29 is 89.4 Å². The van der Waals surface area contributed by atoms with E-state index in [1.54, 1.807) is 6.08 Å². The average molecular weight is 1470 g/mol. The zero-order valence-electron chi connectivity index (χ0n) is 63.4. The molecule has 3 rings (SSSR count). The molecule has 0 aliphatic carbocycles. The fraction of sp³-hybridized carbons (Fsp3) is 0.706. The van der Waals surface area contributed by atoms with Gasteiger partial charge in [0.05, 0.1) is 38.6 Å². The highest BCUT2D eigenvalue weighted by Crippen LogP contribution is 2.33. The lowest BCUT2D eigenvalue weighted by molar-refractivity contribution is -0.379. The lowest BCUT2D eigenvalue weighted by atomic mass is 9.96. The maximum absolute atomic E-state index is 13.5. The van der Waals surface area contributed by atoms with Crippen LogP contribution in [0.2, 0.25) is 0 Å². The van der Waals surface area contributed by atoms with Crippen molar-refractivity contribution in [3.05, 3.63) is 146 Å². The maximum atomic E-state index is 13.5. The molecular formula is C85H141NO18. The number of unbranched alkanes of at least 4 members (excludes halogenated alkanes) is 23. The van der Waals surface area contributed by atoms with E-state index in [0.29, 0.717) is 12.8 Å². The molecule has 17 atom stereocenters. The van der Waals surface area contributed by atoms with E-state index in [0.717, 1.165) is 96.3 Å². The second-order valence-electron chi connectivity index (χ2n) is 27.8. The highest BCUT2D eigenvalue weighted by molar-refractivity contribution is 5.76. The average Bonchev–Trinajstić information content (AvgIpc) is 0.783. The van der Waals surface area contributed by atoms with Gasteiger partial charge in [0.25, 0.3) is 0 Å². The molecule has 0 aromatic heterocycles. The van der Waals surface area contributed by atoms with Crippen molar-refractivity contribution in [2.75, 3.05) is 26.4 Å². The zero-order chi connectivity index (χ0) is 75.3. The molecule has 17 unspecified atom stereocenters. The number of ether oxygens (including phenoxy) is 6. The molecule has 0 spiro atoms. The third kappa shape index (κ3) is 43.0. The van der Waals surface area contributed by atoms with Gasteiger partial charge < -0.3 is 89.9 Å². The monoisotopic (exact) mass is 1460 g/mol. The highest BCUT2D eigenvalue weighted by Gasteiger charge is 2.54. The van der Waals surface area contributed by atoms with Crippen molar-refractivity contribution >= 4 is 5.91 Å². The van der Waals surface area contributed by atoms with Gasteiger partial charge in [-0.3, -0.25) is 4.79 Å². The molecule has 104 heavy (non-hydrogen) atoms. The van der Waals surface area contributed by atoms with Crippen LogP contribution in [0, 0.1) is 0 Å². The molecule has 3 aliphatic heterocycles. The van der Waals surface area contributed by atoms with Gasteiger partial charge in [-0.25, -0.2) is 0 Å². The number of aliphatic hydroxyl groups is 11. The molecule has 0 bridgehead atoms. The quantitative estimate of drug-likeness (QED) is 0.0199. The van der Waals surface area contributed by atoms with Gasteiger partial charge in [-0.15, -0.1) is 0 Å². The van der Waals surface area contributed by atoms with Crippen molar-refractivity contribution in [3.63, 3.8) is 0 Å². The molecule has 19 nitrogen and oxygen atoms in total. The normalized spacial score (nSPS) is 26.7. The van der Waals surface area contributed by atoms with Crippen LogP contribution in [0.25, 0.3) is 0 Å². The number of allylic oxidation sites excluding steroid dienone is 23. The first kappa shape index (κ1) is 93.9. The summed E-state index contributed by atoms with van der Waals surface area (Å²) in [6, 6.07) is -1.03. The number of hydrogen-bond acceptors (Lipinski definition) is 18. The third-order valence-corrected chi connectivity index (χ3v) is 18.9. The Bertz CT molecular complexity index is 2450. The fourth-order valence-electron chi connectivity index (χ4n) is 12.5. The van der Waals surface area contributed by atoms with E-state index >= 15 is 0 Å². The summed E-state index contributed by atoms with van der Waals surface area (Å²) >= 11 is 0. The van der Waals surface area contributed by atoms with E-state index in [-0.39, 0.29) is 12.3 Å². The Hall–Kier alpha value is -4.33. The first-order chi connectivity index (χ1) is 50.8. The number of rotatable bonds is 61. The Morgan fingerprint density at radius 1 is 0.356 bits per heavy atom. The van der Waals surface area contributed by atoms with Crippen molar-refractivity contribution in [2.24, 2.45) is 0 Å². The van der Waals surface area contributed by atoms with Crippen molar-refractivity contribution in [1.82, 2.24) is 5.32 Å². The van der Waals surface area contributed by atoms with E-state index in [2.05, 4.69) is 153 Å². The Morgan fingerprint density at radius 3 is 1.08 bits per heavy atom. The molecule has 0 aromatic carbocycles. The summed E-state index contributed by atoms with van der Waals surface area (Å²) in [5.74, 6) is -0.332. The number of hydrogen-bond donors (Lipinski definition) is 12. The summed E-state index contributed by atoms with van der Waals surface area (Å²) in [4.78, 5) is 13.5. The number of amides is 1. The largest absolute Gasteiger partial charge is 0.394 e. The number of carbonyl (C=O) groups excluding carboxylic acids is 1. The van der Waals surface area contributed by atoms with Crippen LogP contribution < -0.4 is 5.32 Å². The smallest absolute Gasteiger partial charge is 0.220 e. The minimum absolute atomic E-state index is 0.170. The topological polar surface area (TPSA) is 307 Å². The molecular weight excluding hydrogens is 1320 g/mol. The van der Waals surface area contributed by atoms with Crippen LogP contribution in [0.3, 0.4) is 0 Å². The van der Waals surface area contributed by atoms with Gasteiger partial charge in [0.15, 0.2) is 18.9 Å². The third-order valence-electron chi connectivity index (χ3n) is 18.9. The number of aliphatic hydroxyl groups excluding tert-OH is 11. The molecule has 3 heterocycles. The Labute approximate surface area is 625 Å². The molecule has 0 saturated carbocycles. The van der Waals surface area contributed by atoms with Gasteiger partial charge >= 0.3 is 0 Å². The van der Waals surface area contributed by atoms with E-state index in [1.165, 1.54) is 122 Å². The molecule has 0 aromatic rings. The Balaban J connectivity index is 1.42. The number of carbonyl (C=O) groups is 1. The van der Waals surface area contributed by atoms with Crippen molar-refractivity contribution in [2.45, 2.75) is 356 Å². The lowest BCUT2D eigenvalue weighted by Gasteiger charge is -2.48. The van der Waals surface area contributed by atoms with Gasteiger partial charge in [-0.2, -0.15) is 0 Å². The molecule has 12 N–H and O–H groups in total. The molecule has 1 amide bonds. The molecule has 19 heteroatoms. The molecule has 594 valence electrons. The summed E-state index contributed by atoms with van der Waals surface area (Å²) in [6.07, 6.45) is 65.4. The van der Waals surface area contributed by atoms with E-state index < -0.39 is 131 Å². The second-order valence-corrected chi connectivity index (χ2v) is 27.8. The number of nitrogens with one attached hydrogen (secondary N) is 1. The van der Waals surface area contributed by atoms with Gasteiger partial charge in [0, 0.05) is 6.42 Å². The van der Waals surface area contributed by atoms with Crippen LogP contribution in [0.4, 0.5) is 0 Å². The Kier molecular flexibility index (Phi) is 57.4. The van der Waals surface area contributed by atoms with Gasteiger partial charge in [0.2, 0.25) is 5.91 Å². The van der Waals surface area contributed by atoms with E-state index in [9.17, 15) is 61.0 Å². The SMILES string of the molecule is CC/C=C\C/C=C\C/C=C\C/C=C\C/C=C\C/C=C\C/C=C\C/C=C\C/C=C\C/C=C\CCCCC(=O)NC(COC1OC(CO)C(OC2OC(CO)C(OC3OC(CO)C(O)C(O)C3O)C(O)C2O)C(O)C1O)C(O)/C=C/CC/C=C/CCCCCCCCCCCCCCCCCCCCCC. The van der Waals surface area contributed by atoms with Gasteiger partial charge in [-0.1, -0.05) is 282 Å². The first-order valence-electron chi connectivity index (χ1n) is 40.1. The van der Waals surface area contributed by atoms with Crippen molar-refractivity contribution in [3.8, 4) is 0 Å². The van der Waals surface area contributed by atoms with E-state index in [1.807, 2.05) is 6.08 Å². The molecule has 0 radical (unpaired) electrons. The minimum atomic E-state index is -1.99. The summed E-state index contributed by atoms with van der Waals surface area (Å²) in [7, 11) is 0. The fourth-order valence-corrected chi connectivity index (χ4v) is 12.5. The summed E-state index contributed by atoms with van der Waals surface area (Å²) in [5, 5.41) is 121. The van der Waals surface area contributed by atoms with E-state index in [4.69, 9.17) is 28.4 Å².